The van der Waals surface area contributed by atoms with Crippen LogP contribution in [0, 0.1) is 11.6 Å². The van der Waals surface area contributed by atoms with Crippen LogP contribution in [0.2, 0.25) is 0 Å². The van der Waals surface area contributed by atoms with Crippen LogP contribution in [-0.2, 0) is 20.9 Å². The maximum Gasteiger partial charge on any atom is 0.306 e. The van der Waals surface area contributed by atoms with Crippen molar-refractivity contribution in [1.82, 2.24) is 9.80 Å². The normalized spacial score (nSPS) is 15.5. The monoisotopic (exact) mass is 436 g/mol. The first-order chi connectivity index (χ1) is 14.8. The van der Waals surface area contributed by atoms with Crippen LogP contribution in [0.25, 0.3) is 0 Å². The number of carbonyl (C=O) groups excluding carboxylic acids is 2. The largest absolute Gasteiger partial charge is 0.502 e. The maximum absolute atomic E-state index is 13.8. The first-order valence-electron chi connectivity index (χ1n) is 9.61. The second-order valence-corrected chi connectivity index (χ2v) is 7.21. The molecule has 0 aliphatic carbocycles. The van der Waals surface area contributed by atoms with Crippen LogP contribution in [0.15, 0.2) is 33.5 Å². The van der Waals surface area contributed by atoms with E-state index >= 15 is 0 Å². The summed E-state index contributed by atoms with van der Waals surface area (Å²) in [6, 6.07) is 4.16. The van der Waals surface area contributed by atoms with E-state index in [1.807, 2.05) is 4.90 Å². The van der Waals surface area contributed by atoms with Gasteiger partial charge in [-0.05, 0) is 17.7 Å². The van der Waals surface area contributed by atoms with Gasteiger partial charge in [-0.15, -0.1) is 0 Å². The Balaban J connectivity index is 1.96. The van der Waals surface area contributed by atoms with Crippen LogP contribution in [0.3, 0.4) is 0 Å². The second kappa shape index (κ2) is 9.69. The molecule has 1 aliphatic rings. The molecule has 0 spiro atoms. The third-order valence-electron chi connectivity index (χ3n) is 5.20. The lowest BCUT2D eigenvalue weighted by Crippen LogP contribution is -2.45. The van der Waals surface area contributed by atoms with Crippen molar-refractivity contribution in [2.24, 2.45) is 0 Å². The molecule has 1 saturated heterocycles. The molecule has 1 N–H and O–H groups in total. The van der Waals surface area contributed by atoms with E-state index in [4.69, 9.17) is 4.42 Å². The van der Waals surface area contributed by atoms with E-state index in [0.717, 1.165) is 31.7 Å². The predicted molar refractivity (Wildman–Crippen MR) is 104 cm³/mol. The van der Waals surface area contributed by atoms with E-state index in [2.05, 4.69) is 4.74 Å². The summed E-state index contributed by atoms with van der Waals surface area (Å²) >= 11 is 0. The van der Waals surface area contributed by atoms with Crippen molar-refractivity contribution in [3.05, 3.63) is 63.2 Å². The van der Waals surface area contributed by atoms with Crippen LogP contribution >= 0.6 is 0 Å². The average molecular weight is 436 g/mol. The second-order valence-electron chi connectivity index (χ2n) is 7.21. The first-order valence-corrected chi connectivity index (χ1v) is 9.61. The molecule has 1 aromatic carbocycles. The van der Waals surface area contributed by atoms with E-state index in [1.165, 1.54) is 6.07 Å². The molecule has 1 aromatic heterocycles. The van der Waals surface area contributed by atoms with Gasteiger partial charge in [0, 0.05) is 32.2 Å². The zero-order chi connectivity index (χ0) is 22.5. The number of ether oxygens (including phenoxy) is 1. The summed E-state index contributed by atoms with van der Waals surface area (Å²) in [5.41, 5.74) is -0.584. The van der Waals surface area contributed by atoms with E-state index < -0.39 is 34.7 Å². The molecule has 1 atom stereocenters. The Kier molecular flexibility index (Phi) is 7.01. The summed E-state index contributed by atoms with van der Waals surface area (Å²) in [7, 11) is 1.16. The number of hydrogen-bond donors (Lipinski definition) is 1. The van der Waals surface area contributed by atoms with Gasteiger partial charge in [0.1, 0.15) is 5.76 Å². The van der Waals surface area contributed by atoms with E-state index in [0.29, 0.717) is 26.2 Å². The summed E-state index contributed by atoms with van der Waals surface area (Å²) in [5, 5.41) is 10.4. The van der Waals surface area contributed by atoms with Gasteiger partial charge in [0.05, 0.1) is 26.0 Å². The Hall–Kier alpha value is -3.27. The molecular weight excluding hydrogens is 414 g/mol. The van der Waals surface area contributed by atoms with Crippen molar-refractivity contribution in [1.29, 1.82) is 0 Å². The SMILES string of the molecule is COC(=O)C[C@H](c1ccc(F)c(F)c1)c1oc(CN2CCN(C=O)CC2)cc(=O)c1O. The molecule has 3 rings (SSSR count). The van der Waals surface area contributed by atoms with Crippen molar-refractivity contribution < 1.29 is 32.6 Å². The molecule has 2 aromatic rings. The molecular formula is C21H22F2N2O6. The van der Waals surface area contributed by atoms with Crippen LogP contribution in [-0.4, -0.2) is 60.6 Å². The first kappa shape index (κ1) is 22.4. The minimum atomic E-state index is -1.14. The molecule has 0 saturated carbocycles. The highest BCUT2D eigenvalue weighted by Crippen LogP contribution is 2.34. The van der Waals surface area contributed by atoms with Crippen molar-refractivity contribution in [3.8, 4) is 5.75 Å². The zero-order valence-electron chi connectivity index (χ0n) is 16.8. The number of hydrogen-bond acceptors (Lipinski definition) is 7. The minimum absolute atomic E-state index is 0.138. The van der Waals surface area contributed by atoms with Crippen LogP contribution in [0.1, 0.15) is 29.4 Å². The summed E-state index contributed by atoms with van der Waals surface area (Å²) in [5.74, 6) is -4.68. The molecule has 10 heteroatoms. The lowest BCUT2D eigenvalue weighted by Gasteiger charge is -2.32. The number of methoxy groups -OCH3 is 1. The van der Waals surface area contributed by atoms with Gasteiger partial charge in [0.25, 0.3) is 0 Å². The van der Waals surface area contributed by atoms with E-state index in [1.54, 1.807) is 4.90 Å². The van der Waals surface area contributed by atoms with Crippen LogP contribution in [0.5, 0.6) is 5.75 Å². The zero-order valence-corrected chi connectivity index (χ0v) is 16.8. The molecule has 2 heterocycles. The highest BCUT2D eigenvalue weighted by Gasteiger charge is 2.28. The number of amides is 1. The molecule has 1 amide bonds. The minimum Gasteiger partial charge on any atom is -0.502 e. The van der Waals surface area contributed by atoms with Gasteiger partial charge in [-0.25, -0.2) is 8.78 Å². The molecule has 1 fully saturated rings. The van der Waals surface area contributed by atoms with Gasteiger partial charge in [0.15, 0.2) is 17.4 Å². The Morgan fingerprint density at radius 1 is 1.23 bits per heavy atom. The topological polar surface area (TPSA) is 100 Å². The highest BCUT2D eigenvalue weighted by molar-refractivity contribution is 5.71. The average Bonchev–Trinajstić information content (AvgIpc) is 2.77. The number of rotatable bonds is 7. The van der Waals surface area contributed by atoms with Gasteiger partial charge in [-0.3, -0.25) is 19.3 Å². The molecule has 1 aliphatic heterocycles. The fraction of sp³-hybridized carbons (Fsp3) is 0.381. The maximum atomic E-state index is 13.8. The van der Waals surface area contributed by atoms with E-state index in [9.17, 15) is 28.3 Å². The molecule has 0 bridgehead atoms. The number of benzene rings is 1. The molecule has 0 radical (unpaired) electrons. The fourth-order valence-electron chi connectivity index (χ4n) is 3.46. The summed E-state index contributed by atoms with van der Waals surface area (Å²) in [6.45, 7) is 2.41. The van der Waals surface area contributed by atoms with Gasteiger partial charge < -0.3 is 19.2 Å². The molecule has 8 nitrogen and oxygen atoms in total. The Morgan fingerprint density at radius 2 is 1.94 bits per heavy atom. The number of esters is 1. The number of piperazine rings is 1. The Labute approximate surface area is 176 Å². The van der Waals surface area contributed by atoms with Gasteiger partial charge in [0.2, 0.25) is 17.6 Å². The quantitative estimate of drug-likeness (QED) is 0.520. The number of aromatic hydroxyl groups is 1. The summed E-state index contributed by atoms with van der Waals surface area (Å²) < 4.78 is 37.7. The van der Waals surface area contributed by atoms with Gasteiger partial charge in [-0.2, -0.15) is 0 Å². The predicted octanol–water partition coefficient (Wildman–Crippen LogP) is 1.59. The lowest BCUT2D eigenvalue weighted by atomic mass is 9.92. The van der Waals surface area contributed by atoms with Gasteiger partial charge >= 0.3 is 5.97 Å². The Bertz CT molecular complexity index is 1020. The smallest absolute Gasteiger partial charge is 0.306 e. The summed E-state index contributed by atoms with van der Waals surface area (Å²) in [6.07, 6.45) is 0.412. The fourth-order valence-corrected chi connectivity index (χ4v) is 3.46. The van der Waals surface area contributed by atoms with Crippen molar-refractivity contribution in [2.75, 3.05) is 33.3 Å². The van der Waals surface area contributed by atoms with Crippen LogP contribution in [0.4, 0.5) is 8.78 Å². The third-order valence-corrected chi connectivity index (χ3v) is 5.20. The third kappa shape index (κ3) is 5.26. The van der Waals surface area contributed by atoms with Crippen molar-refractivity contribution in [2.45, 2.75) is 18.9 Å². The van der Waals surface area contributed by atoms with E-state index in [-0.39, 0.29) is 30.0 Å². The van der Waals surface area contributed by atoms with Crippen molar-refractivity contribution in [3.63, 3.8) is 0 Å². The van der Waals surface area contributed by atoms with Gasteiger partial charge in [-0.1, -0.05) is 6.07 Å². The number of carbonyl (C=O) groups is 2. The number of halogens is 2. The van der Waals surface area contributed by atoms with Crippen LogP contribution < -0.4 is 5.43 Å². The summed E-state index contributed by atoms with van der Waals surface area (Å²) in [4.78, 5) is 38.8. The lowest BCUT2D eigenvalue weighted by molar-refractivity contribution is -0.141. The standard InChI is InChI=1S/C21H22F2N2O6/c1-30-19(28)10-15(13-2-3-16(22)17(23)8-13)21-20(29)18(27)9-14(31-21)11-24-4-6-25(12-26)7-5-24/h2-3,8-9,12,15,29H,4-7,10-11H2,1H3/t15-/m1/s1. The molecule has 166 valence electrons. The Morgan fingerprint density at radius 3 is 2.55 bits per heavy atom. The molecule has 31 heavy (non-hydrogen) atoms. The highest BCUT2D eigenvalue weighted by atomic mass is 19.2. The number of nitrogens with zero attached hydrogens (tertiary/aromatic N) is 2. The van der Waals surface area contributed by atoms with Crippen molar-refractivity contribution >= 4 is 12.4 Å². The molecule has 0 unspecified atom stereocenters.